The Morgan fingerprint density at radius 2 is 2.16 bits per heavy atom. The number of nitrogens with one attached hydrogen (secondary N) is 1. The van der Waals surface area contributed by atoms with Crippen LogP contribution >= 0.6 is 0 Å². The second-order valence-electron chi connectivity index (χ2n) is 4.49. The van der Waals surface area contributed by atoms with Crippen LogP contribution in [0.25, 0.3) is 11.4 Å². The molecule has 0 saturated carbocycles. The lowest BCUT2D eigenvalue weighted by Crippen LogP contribution is -2.24. The lowest BCUT2D eigenvalue weighted by Gasteiger charge is -2.16. The zero-order valence-electron chi connectivity index (χ0n) is 10.3. The number of nitrogens with zero attached hydrogens (tertiary/aromatic N) is 4. The molecule has 1 atom stereocenters. The third-order valence-corrected chi connectivity index (χ3v) is 3.27. The van der Waals surface area contributed by atoms with Gasteiger partial charge in [-0.05, 0) is 29.5 Å². The molecule has 1 aliphatic heterocycles. The van der Waals surface area contributed by atoms with E-state index in [1.165, 1.54) is 0 Å². The highest BCUT2D eigenvalue weighted by Gasteiger charge is 2.28. The standard InChI is InChI=1S/C13H13N5O/c1-2-9-7-12(19)18(8-9)11-5-3-10(4-6-11)13-14-16-17-15-13/h2-6,9H,1,7-8H2,(H,14,15,16,17). The normalized spacial score (nSPS) is 18.8. The van der Waals surface area contributed by atoms with E-state index in [1.54, 1.807) is 4.90 Å². The molecule has 1 aliphatic rings. The summed E-state index contributed by atoms with van der Waals surface area (Å²) in [5.74, 6) is 0.921. The molecule has 2 heterocycles. The fraction of sp³-hybridized carbons (Fsp3) is 0.231. The predicted molar refractivity (Wildman–Crippen MR) is 70.3 cm³/mol. The van der Waals surface area contributed by atoms with E-state index in [2.05, 4.69) is 27.2 Å². The van der Waals surface area contributed by atoms with E-state index in [0.29, 0.717) is 18.8 Å². The molecule has 1 saturated heterocycles. The summed E-state index contributed by atoms with van der Waals surface area (Å²) >= 11 is 0. The Balaban J connectivity index is 1.83. The topological polar surface area (TPSA) is 74.8 Å². The molecule has 96 valence electrons. The van der Waals surface area contributed by atoms with Gasteiger partial charge < -0.3 is 4.90 Å². The lowest BCUT2D eigenvalue weighted by molar-refractivity contribution is -0.117. The SMILES string of the molecule is C=CC1CC(=O)N(c2ccc(-c3nn[nH]n3)cc2)C1. The third-order valence-electron chi connectivity index (χ3n) is 3.27. The number of hydrogen-bond donors (Lipinski definition) is 1. The van der Waals surface area contributed by atoms with E-state index < -0.39 is 0 Å². The van der Waals surface area contributed by atoms with Gasteiger partial charge in [0.2, 0.25) is 11.7 Å². The Hall–Kier alpha value is -2.50. The fourth-order valence-corrected chi connectivity index (χ4v) is 2.22. The van der Waals surface area contributed by atoms with Crippen LogP contribution in [0, 0.1) is 5.92 Å². The van der Waals surface area contributed by atoms with E-state index >= 15 is 0 Å². The van der Waals surface area contributed by atoms with Crippen LogP contribution in [0.4, 0.5) is 5.69 Å². The van der Waals surface area contributed by atoms with Crippen molar-refractivity contribution in [2.24, 2.45) is 5.92 Å². The lowest BCUT2D eigenvalue weighted by atomic mass is 10.1. The third kappa shape index (κ3) is 2.12. The molecule has 0 radical (unpaired) electrons. The van der Waals surface area contributed by atoms with Gasteiger partial charge in [0, 0.05) is 30.1 Å². The summed E-state index contributed by atoms with van der Waals surface area (Å²) in [5, 5.41) is 13.8. The maximum absolute atomic E-state index is 11.9. The van der Waals surface area contributed by atoms with E-state index in [1.807, 2.05) is 30.3 Å². The van der Waals surface area contributed by atoms with Crippen LogP contribution in [-0.4, -0.2) is 33.1 Å². The average molecular weight is 255 g/mol. The van der Waals surface area contributed by atoms with Crippen molar-refractivity contribution >= 4 is 11.6 Å². The van der Waals surface area contributed by atoms with Crippen molar-refractivity contribution < 1.29 is 4.79 Å². The number of anilines is 1. The molecular formula is C13H13N5O. The molecule has 19 heavy (non-hydrogen) atoms. The molecule has 2 aromatic rings. The van der Waals surface area contributed by atoms with Crippen molar-refractivity contribution in [1.29, 1.82) is 0 Å². The minimum absolute atomic E-state index is 0.136. The molecule has 6 heteroatoms. The molecule has 1 aromatic heterocycles. The molecule has 0 bridgehead atoms. The first-order chi connectivity index (χ1) is 9.28. The van der Waals surface area contributed by atoms with Crippen molar-refractivity contribution in [3.05, 3.63) is 36.9 Å². The number of benzene rings is 1. The Morgan fingerprint density at radius 3 is 2.74 bits per heavy atom. The quantitative estimate of drug-likeness (QED) is 0.841. The summed E-state index contributed by atoms with van der Waals surface area (Å²) in [6.07, 6.45) is 2.38. The van der Waals surface area contributed by atoms with E-state index in [4.69, 9.17) is 0 Å². The first-order valence-electron chi connectivity index (χ1n) is 6.04. The number of amides is 1. The second kappa shape index (κ2) is 4.64. The summed E-state index contributed by atoms with van der Waals surface area (Å²) in [5.41, 5.74) is 1.76. The summed E-state index contributed by atoms with van der Waals surface area (Å²) in [6, 6.07) is 7.56. The maximum Gasteiger partial charge on any atom is 0.227 e. The highest BCUT2D eigenvalue weighted by Crippen LogP contribution is 2.27. The van der Waals surface area contributed by atoms with Crippen molar-refractivity contribution in [3.63, 3.8) is 0 Å². The highest BCUT2D eigenvalue weighted by atomic mass is 16.2. The van der Waals surface area contributed by atoms with Gasteiger partial charge in [-0.3, -0.25) is 4.79 Å². The number of H-pyrrole nitrogens is 1. The van der Waals surface area contributed by atoms with Crippen LogP contribution in [0.3, 0.4) is 0 Å². The van der Waals surface area contributed by atoms with Gasteiger partial charge in [-0.25, -0.2) is 0 Å². The molecule has 1 amide bonds. The number of hydrogen-bond acceptors (Lipinski definition) is 4. The molecule has 0 spiro atoms. The molecule has 3 rings (SSSR count). The van der Waals surface area contributed by atoms with Crippen molar-refractivity contribution in [2.75, 3.05) is 11.4 Å². The predicted octanol–water partition coefficient (Wildman–Crippen LogP) is 1.41. The largest absolute Gasteiger partial charge is 0.312 e. The smallest absolute Gasteiger partial charge is 0.227 e. The summed E-state index contributed by atoms with van der Waals surface area (Å²) in [4.78, 5) is 13.7. The van der Waals surface area contributed by atoms with Gasteiger partial charge in [0.05, 0.1) is 0 Å². The van der Waals surface area contributed by atoms with Crippen molar-refractivity contribution in [3.8, 4) is 11.4 Å². The van der Waals surface area contributed by atoms with Crippen molar-refractivity contribution in [1.82, 2.24) is 20.6 Å². The molecular weight excluding hydrogens is 242 g/mol. The maximum atomic E-state index is 11.9. The molecule has 1 unspecified atom stereocenters. The fourth-order valence-electron chi connectivity index (χ4n) is 2.22. The van der Waals surface area contributed by atoms with Gasteiger partial charge in [0.25, 0.3) is 0 Å². The Morgan fingerprint density at radius 1 is 1.37 bits per heavy atom. The first-order valence-corrected chi connectivity index (χ1v) is 6.04. The van der Waals surface area contributed by atoms with E-state index in [-0.39, 0.29) is 11.8 Å². The van der Waals surface area contributed by atoms with E-state index in [9.17, 15) is 4.79 Å². The monoisotopic (exact) mass is 255 g/mol. The van der Waals surface area contributed by atoms with Gasteiger partial charge in [0.1, 0.15) is 0 Å². The second-order valence-corrected chi connectivity index (χ2v) is 4.49. The molecule has 0 aliphatic carbocycles. The molecule has 1 aromatic carbocycles. The first kappa shape index (κ1) is 11.6. The summed E-state index contributed by atoms with van der Waals surface area (Å²) < 4.78 is 0. The number of rotatable bonds is 3. The highest BCUT2D eigenvalue weighted by molar-refractivity contribution is 5.96. The minimum Gasteiger partial charge on any atom is -0.312 e. The van der Waals surface area contributed by atoms with Gasteiger partial charge >= 0.3 is 0 Å². The average Bonchev–Trinajstić information content (AvgIpc) is 3.08. The summed E-state index contributed by atoms with van der Waals surface area (Å²) in [6.45, 7) is 4.45. The number of carbonyl (C=O) groups is 1. The minimum atomic E-state index is 0.136. The van der Waals surface area contributed by atoms with Gasteiger partial charge in [-0.2, -0.15) is 5.21 Å². The van der Waals surface area contributed by atoms with Gasteiger partial charge in [0.15, 0.2) is 0 Å². The number of aromatic nitrogens is 4. The van der Waals surface area contributed by atoms with Gasteiger partial charge in [-0.1, -0.05) is 6.08 Å². The van der Waals surface area contributed by atoms with Crippen LogP contribution in [0.5, 0.6) is 0 Å². The number of aromatic amines is 1. The number of carbonyl (C=O) groups excluding carboxylic acids is 1. The van der Waals surface area contributed by atoms with E-state index in [0.717, 1.165) is 11.3 Å². The number of tetrazole rings is 1. The van der Waals surface area contributed by atoms with Crippen LogP contribution in [0.1, 0.15) is 6.42 Å². The Kier molecular flexibility index (Phi) is 2.83. The molecule has 6 nitrogen and oxygen atoms in total. The zero-order valence-corrected chi connectivity index (χ0v) is 10.3. The summed E-state index contributed by atoms with van der Waals surface area (Å²) in [7, 11) is 0. The van der Waals surface area contributed by atoms with Crippen LogP contribution < -0.4 is 4.90 Å². The van der Waals surface area contributed by atoms with Crippen LogP contribution in [-0.2, 0) is 4.79 Å². The Bertz CT molecular complexity index is 590. The van der Waals surface area contributed by atoms with Crippen LogP contribution in [0.2, 0.25) is 0 Å². The van der Waals surface area contributed by atoms with Crippen LogP contribution in [0.15, 0.2) is 36.9 Å². The zero-order chi connectivity index (χ0) is 13.2. The molecule has 1 fully saturated rings. The Labute approximate surface area is 110 Å². The van der Waals surface area contributed by atoms with Crippen molar-refractivity contribution in [2.45, 2.75) is 6.42 Å². The molecule has 1 N–H and O–H groups in total. The van der Waals surface area contributed by atoms with Gasteiger partial charge in [-0.15, -0.1) is 16.8 Å².